The number of hydrogen-bond donors (Lipinski definition) is 1. The van der Waals surface area contributed by atoms with E-state index in [1.165, 1.54) is 13.2 Å². The highest BCUT2D eigenvalue weighted by molar-refractivity contribution is 6.31. The van der Waals surface area contributed by atoms with E-state index in [4.69, 9.17) is 21.4 Å². The van der Waals surface area contributed by atoms with E-state index in [-0.39, 0.29) is 11.1 Å². The molecule has 2 aromatic rings. The molecule has 2 aromatic carbocycles. The van der Waals surface area contributed by atoms with Crippen molar-refractivity contribution < 1.29 is 27.8 Å². The van der Waals surface area contributed by atoms with Gasteiger partial charge in [-0.25, -0.2) is 4.79 Å². The van der Waals surface area contributed by atoms with E-state index in [0.29, 0.717) is 17.4 Å². The first-order chi connectivity index (χ1) is 11.3. The number of carboxylic acids is 1. The third-order valence-electron chi connectivity index (χ3n) is 3.20. The number of benzene rings is 2. The summed E-state index contributed by atoms with van der Waals surface area (Å²) in [7, 11) is 1.38. The predicted molar refractivity (Wildman–Crippen MR) is 83.9 cm³/mol. The summed E-state index contributed by atoms with van der Waals surface area (Å²) in [5.74, 6) is -1.04. The summed E-state index contributed by atoms with van der Waals surface area (Å²) in [5.41, 5.74) is -1.03. The average molecular weight is 356 g/mol. The van der Waals surface area contributed by atoms with Crippen LogP contribution < -0.4 is 4.74 Å². The highest BCUT2D eigenvalue weighted by Crippen LogP contribution is 2.43. The Morgan fingerprint density at radius 3 is 2.54 bits per heavy atom. The van der Waals surface area contributed by atoms with Gasteiger partial charge in [0, 0.05) is 17.7 Å². The molecule has 125 valence electrons. The molecular weight excluding hydrogens is 345 g/mol. The number of aliphatic carboxylic acids is 1. The Bertz CT molecular complexity index is 798. The minimum Gasteiger partial charge on any atom is -0.496 e. The number of alkyl halides is 3. The molecule has 0 aliphatic heterocycles. The lowest BCUT2D eigenvalue weighted by Crippen LogP contribution is -2.10. The molecule has 7 heteroatoms. The first kappa shape index (κ1) is 17.9. The van der Waals surface area contributed by atoms with Crippen LogP contribution in [0.25, 0.3) is 17.2 Å². The van der Waals surface area contributed by atoms with Gasteiger partial charge in [-0.1, -0.05) is 29.8 Å². The molecular formula is C17H11ClF3O3. The van der Waals surface area contributed by atoms with E-state index in [9.17, 15) is 18.0 Å². The number of ether oxygens (including phenoxy) is 1. The Kier molecular flexibility index (Phi) is 5.19. The minimum atomic E-state index is -4.77. The van der Waals surface area contributed by atoms with Crippen molar-refractivity contribution in [1.29, 1.82) is 0 Å². The average Bonchev–Trinajstić information content (AvgIpc) is 2.51. The van der Waals surface area contributed by atoms with Crippen LogP contribution in [-0.4, -0.2) is 18.2 Å². The molecule has 0 spiro atoms. The molecule has 2 rings (SSSR count). The second-order valence-electron chi connectivity index (χ2n) is 4.67. The van der Waals surface area contributed by atoms with Crippen LogP contribution in [0, 0.1) is 6.07 Å². The van der Waals surface area contributed by atoms with Crippen molar-refractivity contribution >= 4 is 23.6 Å². The third kappa shape index (κ3) is 3.71. The van der Waals surface area contributed by atoms with Crippen LogP contribution in [-0.2, 0) is 11.0 Å². The van der Waals surface area contributed by atoms with Crippen LogP contribution in [0.2, 0.25) is 5.02 Å². The van der Waals surface area contributed by atoms with E-state index in [1.54, 1.807) is 24.3 Å². The monoisotopic (exact) mass is 355 g/mol. The molecule has 0 saturated carbocycles. The van der Waals surface area contributed by atoms with E-state index in [0.717, 1.165) is 6.08 Å². The fourth-order valence-electron chi connectivity index (χ4n) is 2.23. The van der Waals surface area contributed by atoms with Gasteiger partial charge in [-0.05, 0) is 29.3 Å². The molecule has 0 amide bonds. The lowest BCUT2D eigenvalue weighted by molar-refractivity contribution is -0.137. The van der Waals surface area contributed by atoms with Crippen molar-refractivity contribution in [2.24, 2.45) is 0 Å². The Balaban J connectivity index is 2.83. The molecule has 0 saturated heterocycles. The Hall–Kier alpha value is -2.47. The van der Waals surface area contributed by atoms with Gasteiger partial charge in [-0.15, -0.1) is 0 Å². The zero-order valence-corrected chi connectivity index (χ0v) is 13.1. The normalized spacial score (nSPS) is 11.7. The number of methoxy groups -OCH3 is 1. The topological polar surface area (TPSA) is 46.5 Å². The van der Waals surface area contributed by atoms with Gasteiger partial charge in [0.1, 0.15) is 5.75 Å². The van der Waals surface area contributed by atoms with Crippen LogP contribution in [0.15, 0.2) is 36.4 Å². The van der Waals surface area contributed by atoms with Crippen molar-refractivity contribution in [2.45, 2.75) is 6.18 Å². The van der Waals surface area contributed by atoms with Gasteiger partial charge in [-0.3, -0.25) is 0 Å². The van der Waals surface area contributed by atoms with Crippen LogP contribution in [0.1, 0.15) is 11.1 Å². The zero-order valence-electron chi connectivity index (χ0n) is 12.3. The van der Waals surface area contributed by atoms with E-state index < -0.39 is 22.7 Å². The SMILES string of the molecule is COc1ccccc1-c1c[c]c(Cl)c(C(F)(F)F)c1/C=C/C(=O)O. The second kappa shape index (κ2) is 6.97. The molecule has 0 aliphatic carbocycles. The van der Waals surface area contributed by atoms with Crippen LogP contribution in [0.5, 0.6) is 5.75 Å². The predicted octanol–water partition coefficient (Wildman–Crippen LogP) is 4.93. The van der Waals surface area contributed by atoms with Gasteiger partial charge >= 0.3 is 12.1 Å². The van der Waals surface area contributed by atoms with Gasteiger partial charge < -0.3 is 9.84 Å². The van der Waals surface area contributed by atoms with Crippen molar-refractivity contribution in [3.8, 4) is 16.9 Å². The fraction of sp³-hybridized carbons (Fsp3) is 0.118. The summed E-state index contributed by atoms with van der Waals surface area (Å²) in [6.45, 7) is 0. The minimum absolute atomic E-state index is 0.113. The largest absolute Gasteiger partial charge is 0.496 e. The highest BCUT2D eigenvalue weighted by atomic mass is 35.5. The maximum Gasteiger partial charge on any atom is 0.418 e. The number of para-hydroxylation sites is 1. The van der Waals surface area contributed by atoms with Crippen molar-refractivity contribution in [3.63, 3.8) is 0 Å². The van der Waals surface area contributed by atoms with Gasteiger partial charge in [-0.2, -0.15) is 13.2 Å². The quantitative estimate of drug-likeness (QED) is 0.791. The number of carbonyl (C=O) groups is 1. The van der Waals surface area contributed by atoms with Crippen LogP contribution >= 0.6 is 11.6 Å². The maximum atomic E-state index is 13.4. The summed E-state index contributed by atoms with van der Waals surface area (Å²) in [6, 6.07) is 10.1. The highest BCUT2D eigenvalue weighted by Gasteiger charge is 2.37. The maximum absolute atomic E-state index is 13.4. The summed E-state index contributed by atoms with van der Waals surface area (Å²) in [4.78, 5) is 10.8. The Morgan fingerprint density at radius 2 is 1.96 bits per heavy atom. The molecule has 0 bridgehead atoms. The first-order valence-electron chi connectivity index (χ1n) is 6.61. The number of hydrogen-bond acceptors (Lipinski definition) is 2. The molecule has 0 atom stereocenters. The number of rotatable bonds is 4. The molecule has 24 heavy (non-hydrogen) atoms. The first-order valence-corrected chi connectivity index (χ1v) is 6.99. The van der Waals surface area contributed by atoms with Crippen LogP contribution in [0.4, 0.5) is 13.2 Å². The van der Waals surface area contributed by atoms with E-state index in [2.05, 4.69) is 6.07 Å². The van der Waals surface area contributed by atoms with E-state index >= 15 is 0 Å². The van der Waals surface area contributed by atoms with Crippen molar-refractivity contribution in [1.82, 2.24) is 0 Å². The van der Waals surface area contributed by atoms with Gasteiger partial charge in [0.25, 0.3) is 0 Å². The third-order valence-corrected chi connectivity index (χ3v) is 3.49. The number of halogens is 4. The summed E-state index contributed by atoms with van der Waals surface area (Å²) >= 11 is 5.67. The Labute approximate surface area is 140 Å². The van der Waals surface area contributed by atoms with Gasteiger partial charge in [0.05, 0.1) is 17.7 Å². The summed E-state index contributed by atoms with van der Waals surface area (Å²) in [6.07, 6.45) is -3.28. The summed E-state index contributed by atoms with van der Waals surface area (Å²) < 4.78 is 45.4. The van der Waals surface area contributed by atoms with E-state index in [1.807, 2.05) is 0 Å². The van der Waals surface area contributed by atoms with Crippen molar-refractivity contribution in [3.05, 3.63) is 58.6 Å². The molecule has 0 unspecified atom stereocenters. The number of carboxylic acid groups (broad SMARTS) is 1. The molecule has 0 aromatic heterocycles. The standard InChI is InChI=1S/C17H11ClF3O3/c1-24-14-5-3-2-4-11(14)10-6-8-13(18)16(17(19,20)21)12(10)7-9-15(22)23/h2-7,9H,1H3,(H,22,23)/b9-7+. The Morgan fingerprint density at radius 1 is 1.29 bits per heavy atom. The fourth-order valence-corrected chi connectivity index (χ4v) is 2.50. The molecule has 1 radical (unpaired) electrons. The second-order valence-corrected chi connectivity index (χ2v) is 5.05. The lowest BCUT2D eigenvalue weighted by Gasteiger charge is -2.17. The van der Waals surface area contributed by atoms with Gasteiger partial charge in [0.2, 0.25) is 0 Å². The van der Waals surface area contributed by atoms with Crippen molar-refractivity contribution in [2.75, 3.05) is 7.11 Å². The molecule has 0 heterocycles. The van der Waals surface area contributed by atoms with Gasteiger partial charge in [0.15, 0.2) is 0 Å². The zero-order chi connectivity index (χ0) is 17.9. The lowest BCUT2D eigenvalue weighted by atomic mass is 9.94. The molecule has 0 aliphatic rings. The molecule has 0 fully saturated rings. The molecule has 3 nitrogen and oxygen atoms in total. The smallest absolute Gasteiger partial charge is 0.418 e. The summed E-state index contributed by atoms with van der Waals surface area (Å²) in [5, 5.41) is 8.13. The molecule has 1 N–H and O–H groups in total. The van der Waals surface area contributed by atoms with Crippen LogP contribution in [0.3, 0.4) is 0 Å².